The summed E-state index contributed by atoms with van der Waals surface area (Å²) in [5.41, 5.74) is -0.216. The summed E-state index contributed by atoms with van der Waals surface area (Å²) in [6.45, 7) is 5.96. The highest BCUT2D eigenvalue weighted by molar-refractivity contribution is 7.84. The zero-order chi connectivity index (χ0) is 11.0. The summed E-state index contributed by atoms with van der Waals surface area (Å²) in [4.78, 5) is 0. The van der Waals surface area contributed by atoms with E-state index in [9.17, 15) is 4.21 Å². The van der Waals surface area contributed by atoms with E-state index in [4.69, 9.17) is 5.26 Å². The zero-order valence-corrected chi connectivity index (χ0v) is 10.3. The predicted octanol–water partition coefficient (Wildman–Crippen LogP) is 2.87. The highest BCUT2D eigenvalue weighted by Crippen LogP contribution is 2.21. The standard InChI is InChI=1S/C11H21NOS/c1-4-8-14(13)9-6-5-7-11(2,3)10-12/h4-9H2,1-3H3. The van der Waals surface area contributed by atoms with E-state index in [1.165, 1.54) is 0 Å². The first-order valence-electron chi connectivity index (χ1n) is 5.28. The van der Waals surface area contributed by atoms with Crippen LogP contribution in [0.15, 0.2) is 0 Å². The first kappa shape index (κ1) is 13.6. The van der Waals surface area contributed by atoms with Crippen molar-refractivity contribution < 1.29 is 4.21 Å². The van der Waals surface area contributed by atoms with Gasteiger partial charge in [0.15, 0.2) is 0 Å². The maximum atomic E-state index is 11.3. The molecule has 1 atom stereocenters. The first-order valence-corrected chi connectivity index (χ1v) is 6.77. The third-order valence-electron chi connectivity index (χ3n) is 2.16. The Hall–Kier alpha value is -0.360. The molecule has 3 heteroatoms. The van der Waals surface area contributed by atoms with Gasteiger partial charge < -0.3 is 0 Å². The van der Waals surface area contributed by atoms with Crippen molar-refractivity contribution in [2.75, 3.05) is 11.5 Å². The van der Waals surface area contributed by atoms with E-state index in [-0.39, 0.29) is 5.41 Å². The Morgan fingerprint density at radius 3 is 2.43 bits per heavy atom. The van der Waals surface area contributed by atoms with Crippen molar-refractivity contribution in [1.82, 2.24) is 0 Å². The molecule has 0 saturated heterocycles. The molecular weight excluding hydrogens is 194 g/mol. The van der Waals surface area contributed by atoms with Gasteiger partial charge in [0.05, 0.1) is 11.5 Å². The van der Waals surface area contributed by atoms with Crippen molar-refractivity contribution >= 4 is 10.8 Å². The molecule has 1 unspecified atom stereocenters. The molecule has 2 nitrogen and oxygen atoms in total. The minimum atomic E-state index is -0.633. The Morgan fingerprint density at radius 1 is 1.29 bits per heavy atom. The number of unbranched alkanes of at least 4 members (excludes halogenated alkanes) is 1. The largest absolute Gasteiger partial charge is 0.260 e. The lowest BCUT2D eigenvalue weighted by atomic mass is 9.89. The van der Waals surface area contributed by atoms with Crippen LogP contribution in [0.3, 0.4) is 0 Å². The summed E-state index contributed by atoms with van der Waals surface area (Å²) >= 11 is 0. The Balaban J connectivity index is 3.48. The van der Waals surface area contributed by atoms with Crippen LogP contribution in [-0.2, 0) is 10.8 Å². The van der Waals surface area contributed by atoms with Gasteiger partial charge in [-0.1, -0.05) is 13.3 Å². The smallest absolute Gasteiger partial charge is 0.0683 e. The average Bonchev–Trinajstić information content (AvgIpc) is 2.13. The van der Waals surface area contributed by atoms with Gasteiger partial charge in [-0.25, -0.2) is 0 Å². The van der Waals surface area contributed by atoms with E-state index in [2.05, 4.69) is 13.0 Å². The Labute approximate surface area is 90.2 Å². The Bertz CT molecular complexity index is 218. The van der Waals surface area contributed by atoms with E-state index < -0.39 is 10.8 Å². The first-order chi connectivity index (χ1) is 6.52. The summed E-state index contributed by atoms with van der Waals surface area (Å²) < 4.78 is 11.3. The number of hydrogen-bond donors (Lipinski definition) is 0. The van der Waals surface area contributed by atoms with Gasteiger partial charge in [0, 0.05) is 22.3 Å². The fourth-order valence-corrected chi connectivity index (χ4v) is 2.40. The van der Waals surface area contributed by atoms with Crippen LogP contribution in [-0.4, -0.2) is 15.7 Å². The second-order valence-corrected chi connectivity index (χ2v) is 6.00. The lowest BCUT2D eigenvalue weighted by Gasteiger charge is -2.13. The Kier molecular flexibility index (Phi) is 6.82. The van der Waals surface area contributed by atoms with E-state index in [1.807, 2.05) is 13.8 Å². The maximum Gasteiger partial charge on any atom is 0.0683 e. The minimum absolute atomic E-state index is 0.216. The molecule has 0 aliphatic rings. The lowest BCUT2D eigenvalue weighted by Crippen LogP contribution is -2.08. The maximum absolute atomic E-state index is 11.3. The van der Waals surface area contributed by atoms with Crippen molar-refractivity contribution in [1.29, 1.82) is 5.26 Å². The van der Waals surface area contributed by atoms with Crippen molar-refractivity contribution in [2.24, 2.45) is 5.41 Å². The molecule has 0 radical (unpaired) electrons. The molecule has 0 saturated carbocycles. The molecule has 0 amide bonds. The molecule has 0 spiro atoms. The summed E-state index contributed by atoms with van der Waals surface area (Å²) in [6, 6.07) is 2.28. The van der Waals surface area contributed by atoms with Crippen LogP contribution in [0.2, 0.25) is 0 Å². The monoisotopic (exact) mass is 215 g/mol. The van der Waals surface area contributed by atoms with Crippen LogP contribution >= 0.6 is 0 Å². The fraction of sp³-hybridized carbons (Fsp3) is 0.909. The van der Waals surface area contributed by atoms with Crippen LogP contribution < -0.4 is 0 Å². The second-order valence-electron chi connectivity index (χ2n) is 4.30. The number of rotatable bonds is 7. The molecule has 0 heterocycles. The van der Waals surface area contributed by atoms with Gasteiger partial charge in [-0.15, -0.1) is 0 Å². The summed E-state index contributed by atoms with van der Waals surface area (Å²) in [7, 11) is -0.633. The summed E-state index contributed by atoms with van der Waals surface area (Å²) in [6.07, 6.45) is 3.90. The second kappa shape index (κ2) is 7.00. The van der Waals surface area contributed by atoms with Crippen LogP contribution in [0, 0.1) is 16.7 Å². The van der Waals surface area contributed by atoms with Gasteiger partial charge >= 0.3 is 0 Å². The third-order valence-corrected chi connectivity index (χ3v) is 3.77. The van der Waals surface area contributed by atoms with E-state index in [0.29, 0.717) is 0 Å². The van der Waals surface area contributed by atoms with Gasteiger partial charge in [-0.3, -0.25) is 4.21 Å². The van der Waals surface area contributed by atoms with E-state index in [0.717, 1.165) is 37.2 Å². The van der Waals surface area contributed by atoms with Crippen molar-refractivity contribution in [3.63, 3.8) is 0 Å². The quantitative estimate of drug-likeness (QED) is 0.613. The normalized spacial score (nSPS) is 13.6. The zero-order valence-electron chi connectivity index (χ0n) is 9.51. The van der Waals surface area contributed by atoms with Gasteiger partial charge in [-0.05, 0) is 33.1 Å². The number of nitrogens with zero attached hydrogens (tertiary/aromatic N) is 1. The predicted molar refractivity (Wildman–Crippen MR) is 61.4 cm³/mol. The number of hydrogen-bond acceptors (Lipinski definition) is 2. The Morgan fingerprint density at radius 2 is 1.93 bits per heavy atom. The van der Waals surface area contributed by atoms with Crippen LogP contribution in [0.4, 0.5) is 0 Å². The molecule has 0 aromatic carbocycles. The molecule has 0 aliphatic carbocycles. The molecule has 0 aromatic heterocycles. The SMILES string of the molecule is CCCS(=O)CCCCC(C)(C)C#N. The summed E-state index contributed by atoms with van der Waals surface area (Å²) in [5.74, 6) is 1.62. The highest BCUT2D eigenvalue weighted by Gasteiger charge is 2.15. The molecule has 0 aromatic rings. The molecule has 0 N–H and O–H groups in total. The van der Waals surface area contributed by atoms with Gasteiger partial charge in [0.1, 0.15) is 0 Å². The highest BCUT2D eigenvalue weighted by atomic mass is 32.2. The molecular formula is C11H21NOS. The molecule has 14 heavy (non-hydrogen) atoms. The topological polar surface area (TPSA) is 40.9 Å². The van der Waals surface area contributed by atoms with Gasteiger partial charge in [-0.2, -0.15) is 5.26 Å². The summed E-state index contributed by atoms with van der Waals surface area (Å²) in [5, 5.41) is 8.78. The van der Waals surface area contributed by atoms with Gasteiger partial charge in [0.25, 0.3) is 0 Å². The van der Waals surface area contributed by atoms with Gasteiger partial charge in [0.2, 0.25) is 0 Å². The van der Waals surface area contributed by atoms with Crippen LogP contribution in [0.5, 0.6) is 0 Å². The minimum Gasteiger partial charge on any atom is -0.260 e. The molecule has 0 fully saturated rings. The molecule has 0 bridgehead atoms. The van der Waals surface area contributed by atoms with Crippen LogP contribution in [0.25, 0.3) is 0 Å². The van der Waals surface area contributed by atoms with Crippen molar-refractivity contribution in [3.8, 4) is 6.07 Å². The third kappa shape index (κ3) is 7.08. The van der Waals surface area contributed by atoms with E-state index in [1.54, 1.807) is 0 Å². The van der Waals surface area contributed by atoms with Crippen molar-refractivity contribution in [2.45, 2.75) is 46.5 Å². The molecule has 0 aliphatic heterocycles. The average molecular weight is 215 g/mol. The fourth-order valence-electron chi connectivity index (χ4n) is 1.22. The van der Waals surface area contributed by atoms with Crippen molar-refractivity contribution in [3.05, 3.63) is 0 Å². The molecule has 82 valence electrons. The lowest BCUT2D eigenvalue weighted by molar-refractivity contribution is 0.432. The number of nitriles is 1. The molecule has 0 rings (SSSR count). The van der Waals surface area contributed by atoms with E-state index >= 15 is 0 Å². The van der Waals surface area contributed by atoms with Crippen LogP contribution in [0.1, 0.15) is 46.5 Å².